The number of benzene rings is 1. The van der Waals surface area contributed by atoms with Gasteiger partial charge in [-0.05, 0) is 10.9 Å². The number of halogens is 2. The number of rotatable bonds is 0. The fraction of sp³-hybridized carbons (Fsp3) is 0.300. The minimum atomic E-state index is 0.269. The van der Waals surface area contributed by atoms with Gasteiger partial charge in [-0.25, -0.2) is 0 Å². The summed E-state index contributed by atoms with van der Waals surface area (Å²) in [5.41, 5.74) is 2.18. The molecule has 1 heterocycles. The fourth-order valence-corrected chi connectivity index (χ4v) is 3.02. The lowest BCUT2D eigenvalue weighted by Crippen LogP contribution is -2.24. The molecule has 1 nitrogen and oxygen atoms in total. The third-order valence-corrected chi connectivity index (χ3v) is 3.66. The van der Waals surface area contributed by atoms with E-state index in [9.17, 15) is 4.79 Å². The van der Waals surface area contributed by atoms with E-state index in [1.165, 1.54) is 5.56 Å². The normalized spacial score (nSPS) is 19.4. The molecule has 0 bridgehead atoms. The van der Waals surface area contributed by atoms with Crippen LogP contribution in [0.15, 0.2) is 24.3 Å². The van der Waals surface area contributed by atoms with Crippen molar-refractivity contribution in [2.24, 2.45) is 0 Å². The third kappa shape index (κ3) is 3.10. The van der Waals surface area contributed by atoms with Crippen molar-refractivity contribution in [2.75, 3.05) is 12.0 Å². The number of hydrogen-bond acceptors (Lipinski definition) is 1. The number of fused-ring (bicyclic) bond motifs is 1. The first kappa shape index (κ1) is 12.8. The molecule has 1 aromatic rings. The van der Waals surface area contributed by atoms with Crippen LogP contribution in [-0.4, -0.2) is 17.8 Å². The van der Waals surface area contributed by atoms with Crippen LogP contribution in [0.3, 0.4) is 0 Å². The summed E-state index contributed by atoms with van der Waals surface area (Å²) < 4.78 is 0. The maximum Gasteiger partial charge on any atom is 0.212 e. The predicted molar refractivity (Wildman–Crippen MR) is 80.7 cm³/mol. The molecular formula is C10H11I2OS+. The monoisotopic (exact) mass is 433 g/mol. The van der Waals surface area contributed by atoms with Crippen LogP contribution in [0.5, 0.6) is 0 Å². The van der Waals surface area contributed by atoms with Gasteiger partial charge in [0.25, 0.3) is 0 Å². The van der Waals surface area contributed by atoms with Gasteiger partial charge in [0.2, 0.25) is 5.78 Å². The van der Waals surface area contributed by atoms with Gasteiger partial charge in [-0.1, -0.05) is 24.3 Å². The Morgan fingerprint density at radius 1 is 1.21 bits per heavy atom. The Kier molecular flexibility index (Phi) is 5.76. The van der Waals surface area contributed by atoms with Crippen molar-refractivity contribution in [3.8, 4) is 0 Å². The Bertz CT molecular complexity index is 328. The highest BCUT2D eigenvalue weighted by molar-refractivity contribution is 15.0. The number of carbonyl (C=O) groups excluding carboxylic acids is 1. The SMILES string of the molecule is C[S+]1CC(=O)c2ccccc2C1.II. The fourth-order valence-electron chi connectivity index (χ4n) is 1.54. The van der Waals surface area contributed by atoms with Crippen LogP contribution in [0.2, 0.25) is 0 Å². The Hall–Kier alpha value is 0.700. The maximum atomic E-state index is 11.5. The van der Waals surface area contributed by atoms with Gasteiger partial charge in [-0.3, -0.25) is 4.79 Å². The van der Waals surface area contributed by atoms with E-state index in [0.717, 1.165) is 17.1 Å². The van der Waals surface area contributed by atoms with Crippen LogP contribution < -0.4 is 0 Å². The lowest BCUT2D eigenvalue weighted by molar-refractivity contribution is 0.102. The highest BCUT2D eigenvalue weighted by Gasteiger charge is 2.27. The molecule has 1 unspecified atom stereocenters. The third-order valence-electron chi connectivity index (χ3n) is 2.10. The van der Waals surface area contributed by atoms with Crippen molar-refractivity contribution in [3.05, 3.63) is 35.4 Å². The highest BCUT2D eigenvalue weighted by atomic mass is 128. The molecule has 2 rings (SSSR count). The van der Waals surface area contributed by atoms with Gasteiger partial charge in [0.05, 0.1) is 6.26 Å². The Morgan fingerprint density at radius 3 is 2.57 bits per heavy atom. The number of carbonyl (C=O) groups is 1. The summed E-state index contributed by atoms with van der Waals surface area (Å²) in [5, 5.41) is 0. The summed E-state index contributed by atoms with van der Waals surface area (Å²) in [7, 11) is 0.269. The molecule has 1 aliphatic rings. The second-order valence-corrected chi connectivity index (χ2v) is 5.29. The summed E-state index contributed by atoms with van der Waals surface area (Å²) in [4.78, 5) is 11.5. The Balaban J connectivity index is 0.000000461. The summed E-state index contributed by atoms with van der Waals surface area (Å²) in [6.07, 6.45) is 2.16. The average Bonchev–Trinajstić information content (AvgIpc) is 2.20. The van der Waals surface area contributed by atoms with E-state index in [-0.39, 0.29) is 10.9 Å². The van der Waals surface area contributed by atoms with E-state index in [2.05, 4.69) is 49.6 Å². The standard InChI is InChI=1S/C10H11OS.I2/c1-12-6-8-4-2-3-5-9(8)10(11)7-12;1-2/h2-5H,6-7H2,1H3;/q+1;. The highest BCUT2D eigenvalue weighted by Crippen LogP contribution is 2.19. The molecule has 0 aromatic heterocycles. The zero-order valence-corrected chi connectivity index (χ0v) is 12.9. The lowest BCUT2D eigenvalue weighted by Gasteiger charge is -2.13. The molecule has 0 radical (unpaired) electrons. The first-order valence-electron chi connectivity index (χ1n) is 4.12. The Labute approximate surface area is 111 Å². The molecule has 14 heavy (non-hydrogen) atoms. The van der Waals surface area contributed by atoms with E-state index in [1.807, 2.05) is 18.2 Å². The van der Waals surface area contributed by atoms with E-state index in [1.54, 1.807) is 0 Å². The largest absolute Gasteiger partial charge is 0.289 e. The van der Waals surface area contributed by atoms with E-state index in [4.69, 9.17) is 0 Å². The molecule has 0 spiro atoms. The van der Waals surface area contributed by atoms with Crippen LogP contribution in [0.4, 0.5) is 0 Å². The van der Waals surface area contributed by atoms with Crippen molar-refractivity contribution in [1.29, 1.82) is 0 Å². The van der Waals surface area contributed by atoms with E-state index in [0.29, 0.717) is 5.78 Å². The molecule has 0 aliphatic carbocycles. The summed E-state index contributed by atoms with van der Waals surface area (Å²) in [6.45, 7) is 0. The second-order valence-electron chi connectivity index (χ2n) is 3.15. The summed E-state index contributed by atoms with van der Waals surface area (Å²) >= 11 is 4.24. The van der Waals surface area contributed by atoms with Crippen molar-refractivity contribution >= 4 is 53.9 Å². The first-order chi connectivity index (χ1) is 6.77. The maximum absolute atomic E-state index is 11.5. The van der Waals surface area contributed by atoms with Crippen LogP contribution in [0.25, 0.3) is 0 Å². The molecule has 4 heteroatoms. The molecule has 0 amide bonds. The van der Waals surface area contributed by atoms with E-state index >= 15 is 0 Å². The zero-order chi connectivity index (χ0) is 10.6. The average molecular weight is 433 g/mol. The Morgan fingerprint density at radius 2 is 1.86 bits per heavy atom. The molecule has 0 fully saturated rings. The number of hydrogen-bond donors (Lipinski definition) is 0. The molecule has 1 aromatic carbocycles. The topological polar surface area (TPSA) is 17.1 Å². The molecule has 1 aliphatic heterocycles. The summed E-state index contributed by atoms with van der Waals surface area (Å²) in [6, 6.07) is 7.95. The van der Waals surface area contributed by atoms with Crippen LogP contribution in [0, 0.1) is 0 Å². The van der Waals surface area contributed by atoms with Gasteiger partial charge in [-0.15, -0.1) is 0 Å². The smallest absolute Gasteiger partial charge is 0.212 e. The lowest BCUT2D eigenvalue weighted by atomic mass is 10.1. The predicted octanol–water partition coefficient (Wildman–Crippen LogP) is 3.40. The van der Waals surface area contributed by atoms with Crippen LogP contribution in [0.1, 0.15) is 15.9 Å². The first-order valence-corrected chi connectivity index (χ1v) is 12.4. The van der Waals surface area contributed by atoms with Crippen molar-refractivity contribution in [1.82, 2.24) is 0 Å². The molecule has 1 atom stereocenters. The number of ketones is 1. The minimum Gasteiger partial charge on any atom is -0.289 e. The van der Waals surface area contributed by atoms with Gasteiger partial charge in [-0.2, -0.15) is 0 Å². The van der Waals surface area contributed by atoms with Gasteiger partial charge < -0.3 is 0 Å². The van der Waals surface area contributed by atoms with Crippen LogP contribution >= 0.6 is 37.2 Å². The number of Topliss-reactive ketones (excluding diaryl/α,β-unsaturated/α-hetero) is 1. The minimum absolute atomic E-state index is 0.269. The molecule has 76 valence electrons. The van der Waals surface area contributed by atoms with Crippen LogP contribution in [-0.2, 0) is 16.6 Å². The van der Waals surface area contributed by atoms with Crippen molar-refractivity contribution in [2.45, 2.75) is 5.75 Å². The van der Waals surface area contributed by atoms with Gasteiger partial charge in [0, 0.05) is 48.4 Å². The zero-order valence-electron chi connectivity index (χ0n) is 7.80. The van der Waals surface area contributed by atoms with Gasteiger partial charge in [0.1, 0.15) is 5.75 Å². The van der Waals surface area contributed by atoms with Gasteiger partial charge in [0.15, 0.2) is 5.75 Å². The van der Waals surface area contributed by atoms with Crippen molar-refractivity contribution < 1.29 is 4.79 Å². The molecule has 0 saturated heterocycles. The molecular weight excluding hydrogens is 422 g/mol. The summed E-state index contributed by atoms with van der Waals surface area (Å²) in [5.74, 6) is 2.15. The van der Waals surface area contributed by atoms with Crippen molar-refractivity contribution in [3.63, 3.8) is 0 Å². The second kappa shape index (κ2) is 6.32. The van der Waals surface area contributed by atoms with Gasteiger partial charge >= 0.3 is 0 Å². The quantitative estimate of drug-likeness (QED) is 0.453. The molecule has 0 saturated carbocycles. The molecule has 0 N–H and O–H groups in total. The van der Waals surface area contributed by atoms with E-state index < -0.39 is 0 Å².